The zero-order valence-electron chi connectivity index (χ0n) is 10.9. The van der Waals surface area contributed by atoms with Gasteiger partial charge in [0.15, 0.2) is 5.82 Å². The Morgan fingerprint density at radius 2 is 1.95 bits per heavy atom. The Morgan fingerprint density at radius 1 is 1.24 bits per heavy atom. The predicted molar refractivity (Wildman–Crippen MR) is 75.3 cm³/mol. The first kappa shape index (κ1) is 15.7. The summed E-state index contributed by atoms with van der Waals surface area (Å²) in [5, 5.41) is 0. The van der Waals surface area contributed by atoms with Gasteiger partial charge in [-0.05, 0) is 18.2 Å². The summed E-state index contributed by atoms with van der Waals surface area (Å²) in [5.74, 6) is 0.00460. The Morgan fingerprint density at radius 3 is 2.57 bits per heavy atom. The molecule has 2 aromatic rings. The zero-order chi connectivity index (χ0) is 15.6. The number of anilines is 1. The van der Waals surface area contributed by atoms with Gasteiger partial charge in [-0.15, -0.1) is 0 Å². The molecule has 112 valence electrons. The first-order valence-corrected chi connectivity index (χ1v) is 6.60. The fourth-order valence-electron chi connectivity index (χ4n) is 1.81. The Hall–Kier alpha value is -1.67. The quantitative estimate of drug-likeness (QED) is 0.906. The molecular weight excluding hydrogens is 351 g/mol. The Kier molecular flexibility index (Phi) is 4.48. The van der Waals surface area contributed by atoms with Gasteiger partial charge in [-0.3, -0.25) is 0 Å². The average Bonchev–Trinajstić information content (AvgIpc) is 2.37. The number of halogens is 4. The smallest absolute Gasteiger partial charge is 0.384 e. The molecular formula is C13H11BrF3N3O. The molecule has 2 rings (SSSR count). The van der Waals surface area contributed by atoms with E-state index in [1.165, 1.54) is 25.3 Å². The lowest BCUT2D eigenvalue weighted by atomic mass is 10.1. The van der Waals surface area contributed by atoms with Crippen molar-refractivity contribution in [3.63, 3.8) is 0 Å². The molecule has 0 spiro atoms. The van der Waals surface area contributed by atoms with Gasteiger partial charge in [0.2, 0.25) is 0 Å². The van der Waals surface area contributed by atoms with Gasteiger partial charge >= 0.3 is 6.18 Å². The van der Waals surface area contributed by atoms with Crippen LogP contribution in [0.1, 0.15) is 11.3 Å². The van der Waals surface area contributed by atoms with Crippen LogP contribution >= 0.6 is 15.9 Å². The number of hydrogen-bond acceptors (Lipinski definition) is 4. The highest BCUT2D eigenvalue weighted by Crippen LogP contribution is 2.37. The molecule has 0 amide bonds. The van der Waals surface area contributed by atoms with E-state index in [0.717, 1.165) is 6.07 Å². The topological polar surface area (TPSA) is 61.0 Å². The van der Waals surface area contributed by atoms with Gasteiger partial charge in [-0.2, -0.15) is 13.2 Å². The van der Waals surface area contributed by atoms with Crippen molar-refractivity contribution < 1.29 is 17.9 Å². The number of nitrogens with zero attached hydrogens (tertiary/aromatic N) is 2. The van der Waals surface area contributed by atoms with Gasteiger partial charge in [-0.1, -0.05) is 15.9 Å². The number of nitrogen functional groups attached to an aromatic ring is 1. The summed E-state index contributed by atoms with van der Waals surface area (Å²) in [4.78, 5) is 7.95. The van der Waals surface area contributed by atoms with Gasteiger partial charge in [0.05, 0.1) is 17.9 Å². The van der Waals surface area contributed by atoms with Crippen molar-refractivity contribution in [2.45, 2.75) is 12.8 Å². The lowest BCUT2D eigenvalue weighted by Crippen LogP contribution is -2.09. The van der Waals surface area contributed by atoms with Crippen molar-refractivity contribution >= 4 is 21.7 Å². The minimum Gasteiger partial charge on any atom is -0.384 e. The molecule has 2 N–H and O–H groups in total. The molecule has 0 radical (unpaired) electrons. The Labute approximate surface area is 127 Å². The van der Waals surface area contributed by atoms with Crippen LogP contribution in [0, 0.1) is 0 Å². The van der Waals surface area contributed by atoms with Crippen LogP contribution in [0.15, 0.2) is 28.7 Å². The number of aromatic nitrogens is 2. The van der Waals surface area contributed by atoms with Crippen LogP contribution in [0.25, 0.3) is 11.4 Å². The first-order chi connectivity index (χ1) is 9.81. The summed E-state index contributed by atoms with van der Waals surface area (Å²) < 4.78 is 44.6. The van der Waals surface area contributed by atoms with Crippen molar-refractivity contribution in [1.82, 2.24) is 9.97 Å². The average molecular weight is 362 g/mol. The molecule has 0 bridgehead atoms. The molecule has 1 aromatic carbocycles. The lowest BCUT2D eigenvalue weighted by Gasteiger charge is -2.13. The number of methoxy groups -OCH3 is 1. The maximum Gasteiger partial charge on any atom is 0.417 e. The Balaban J connectivity index is 2.61. The van der Waals surface area contributed by atoms with Gasteiger partial charge in [0.25, 0.3) is 0 Å². The second-order valence-electron chi connectivity index (χ2n) is 4.23. The highest BCUT2D eigenvalue weighted by Gasteiger charge is 2.34. The molecule has 1 aromatic heterocycles. The minimum absolute atomic E-state index is 0.0816. The van der Waals surface area contributed by atoms with Crippen molar-refractivity contribution in [2.75, 3.05) is 12.8 Å². The maximum absolute atomic E-state index is 13.1. The van der Waals surface area contributed by atoms with Crippen molar-refractivity contribution in [1.29, 1.82) is 0 Å². The summed E-state index contributed by atoms with van der Waals surface area (Å²) in [7, 11) is 1.46. The van der Waals surface area contributed by atoms with E-state index in [2.05, 4.69) is 25.9 Å². The molecule has 21 heavy (non-hydrogen) atoms. The van der Waals surface area contributed by atoms with Gasteiger partial charge < -0.3 is 10.5 Å². The van der Waals surface area contributed by atoms with Gasteiger partial charge in [0, 0.05) is 23.2 Å². The van der Waals surface area contributed by atoms with Crippen molar-refractivity contribution in [2.24, 2.45) is 0 Å². The zero-order valence-corrected chi connectivity index (χ0v) is 12.5. The highest BCUT2D eigenvalue weighted by molar-refractivity contribution is 9.10. The molecule has 0 unspecified atom stereocenters. The second-order valence-corrected chi connectivity index (χ2v) is 5.14. The van der Waals surface area contributed by atoms with Gasteiger partial charge in [-0.25, -0.2) is 9.97 Å². The van der Waals surface area contributed by atoms with Crippen LogP contribution < -0.4 is 5.73 Å². The standard InChI is InChI=1S/C13H11BrF3N3O/c1-21-6-8-5-11(18)20-12(19-8)9-3-2-7(14)4-10(9)13(15,16)17/h2-5H,6H2,1H3,(H2,18,19,20). The first-order valence-electron chi connectivity index (χ1n) is 5.80. The number of nitrogens with two attached hydrogens (primary N) is 1. The second kappa shape index (κ2) is 5.98. The van der Waals surface area contributed by atoms with Crippen LogP contribution in [0.3, 0.4) is 0 Å². The van der Waals surface area contributed by atoms with Crippen LogP contribution in [0.4, 0.5) is 19.0 Å². The summed E-state index contributed by atoms with van der Waals surface area (Å²) in [6, 6.07) is 5.24. The number of rotatable bonds is 3. The predicted octanol–water partition coefficient (Wildman–Crippen LogP) is 3.65. The molecule has 0 atom stereocenters. The fraction of sp³-hybridized carbons (Fsp3) is 0.231. The maximum atomic E-state index is 13.1. The molecule has 0 saturated carbocycles. The van der Waals surface area contributed by atoms with Crippen LogP contribution in [-0.2, 0) is 17.5 Å². The van der Waals surface area contributed by atoms with Gasteiger partial charge in [0.1, 0.15) is 5.82 Å². The van der Waals surface area contributed by atoms with Crippen LogP contribution in [0.5, 0.6) is 0 Å². The lowest BCUT2D eigenvalue weighted by molar-refractivity contribution is -0.137. The monoisotopic (exact) mass is 361 g/mol. The van der Waals surface area contributed by atoms with Crippen molar-refractivity contribution in [3.8, 4) is 11.4 Å². The van der Waals surface area contributed by atoms with E-state index in [4.69, 9.17) is 10.5 Å². The number of hydrogen-bond donors (Lipinski definition) is 1. The minimum atomic E-state index is -4.52. The third-order valence-corrected chi connectivity index (χ3v) is 3.11. The molecule has 0 aliphatic rings. The van der Waals surface area contributed by atoms with E-state index in [-0.39, 0.29) is 23.8 Å². The molecule has 4 nitrogen and oxygen atoms in total. The molecule has 0 aliphatic heterocycles. The summed E-state index contributed by atoms with van der Waals surface area (Å²) >= 11 is 3.03. The van der Waals surface area contributed by atoms with E-state index < -0.39 is 11.7 Å². The molecule has 0 saturated heterocycles. The molecule has 8 heteroatoms. The summed E-state index contributed by atoms with van der Waals surface area (Å²) in [5.41, 5.74) is 5.07. The SMILES string of the molecule is COCc1cc(N)nc(-c2ccc(Br)cc2C(F)(F)F)n1. The van der Waals surface area contributed by atoms with E-state index in [0.29, 0.717) is 10.2 Å². The number of alkyl halides is 3. The highest BCUT2D eigenvalue weighted by atomic mass is 79.9. The normalized spacial score (nSPS) is 11.7. The summed E-state index contributed by atoms with van der Waals surface area (Å²) in [6.45, 7) is 0.137. The molecule has 1 heterocycles. The molecule has 0 aliphatic carbocycles. The van der Waals surface area contributed by atoms with Crippen LogP contribution in [-0.4, -0.2) is 17.1 Å². The number of benzene rings is 1. The summed E-state index contributed by atoms with van der Waals surface area (Å²) in [6.07, 6.45) is -4.52. The third kappa shape index (κ3) is 3.70. The van der Waals surface area contributed by atoms with E-state index in [1.807, 2.05) is 0 Å². The molecule has 0 fully saturated rings. The van der Waals surface area contributed by atoms with E-state index in [1.54, 1.807) is 0 Å². The number of ether oxygens (including phenoxy) is 1. The largest absolute Gasteiger partial charge is 0.417 e. The van der Waals surface area contributed by atoms with Crippen LogP contribution in [0.2, 0.25) is 0 Å². The fourth-order valence-corrected chi connectivity index (χ4v) is 2.17. The van der Waals surface area contributed by atoms with E-state index >= 15 is 0 Å². The van der Waals surface area contributed by atoms with Crippen molar-refractivity contribution in [3.05, 3.63) is 40.0 Å². The van der Waals surface area contributed by atoms with E-state index in [9.17, 15) is 13.2 Å². The third-order valence-electron chi connectivity index (χ3n) is 2.62. The Bertz CT molecular complexity index is 662.